The summed E-state index contributed by atoms with van der Waals surface area (Å²) < 4.78 is 0. The third-order valence-electron chi connectivity index (χ3n) is 4.80. The molecule has 0 aliphatic heterocycles. The Morgan fingerprint density at radius 3 is 3.04 bits per heavy atom. The van der Waals surface area contributed by atoms with Gasteiger partial charge in [0.05, 0.1) is 18.2 Å². The van der Waals surface area contributed by atoms with E-state index in [9.17, 15) is 4.79 Å². The van der Waals surface area contributed by atoms with Crippen molar-refractivity contribution in [3.8, 4) is 0 Å². The van der Waals surface area contributed by atoms with E-state index in [2.05, 4.69) is 33.5 Å². The number of aromatic amines is 1. The molecule has 1 unspecified atom stereocenters. The molecule has 1 amide bonds. The number of para-hydroxylation sites is 1. The number of aryl methyl sites for hydroxylation is 1. The largest absolute Gasteiger partial charge is 0.357 e. The molecule has 130 valence electrons. The number of carbonyl (C=O) groups is 1. The molecule has 6 heteroatoms. The molecule has 25 heavy (non-hydrogen) atoms. The zero-order chi connectivity index (χ0) is 17.4. The van der Waals surface area contributed by atoms with Crippen molar-refractivity contribution in [2.45, 2.75) is 31.7 Å². The number of H-pyrrole nitrogens is 1. The van der Waals surface area contributed by atoms with E-state index < -0.39 is 0 Å². The molecule has 0 spiro atoms. The van der Waals surface area contributed by atoms with Crippen LogP contribution < -0.4 is 10.2 Å². The first-order valence-electron chi connectivity index (χ1n) is 8.62. The average Bonchev–Trinajstić information content (AvgIpc) is 3.24. The van der Waals surface area contributed by atoms with Gasteiger partial charge in [-0.05, 0) is 30.9 Å². The van der Waals surface area contributed by atoms with Gasteiger partial charge in [0.25, 0.3) is 0 Å². The molecule has 1 aliphatic carbocycles. The van der Waals surface area contributed by atoms with Crippen LogP contribution in [-0.4, -0.2) is 30.0 Å². The van der Waals surface area contributed by atoms with Crippen molar-refractivity contribution in [2.75, 3.05) is 19.0 Å². The van der Waals surface area contributed by atoms with E-state index in [0.29, 0.717) is 6.54 Å². The van der Waals surface area contributed by atoms with Crippen molar-refractivity contribution in [3.63, 3.8) is 0 Å². The minimum Gasteiger partial charge on any atom is -0.357 e. The number of nitrogens with zero attached hydrogens (tertiary/aromatic N) is 2. The van der Waals surface area contributed by atoms with E-state index in [1.54, 1.807) is 11.3 Å². The summed E-state index contributed by atoms with van der Waals surface area (Å²) in [5, 5.41) is 7.29. The van der Waals surface area contributed by atoms with E-state index in [0.717, 1.165) is 41.3 Å². The quantitative estimate of drug-likeness (QED) is 0.755. The highest BCUT2D eigenvalue weighted by Gasteiger charge is 2.29. The Balaban J connectivity index is 1.51. The Labute approximate surface area is 151 Å². The van der Waals surface area contributed by atoms with Crippen molar-refractivity contribution in [3.05, 3.63) is 46.6 Å². The summed E-state index contributed by atoms with van der Waals surface area (Å²) in [5.41, 5.74) is 4.44. The van der Waals surface area contributed by atoms with Crippen molar-refractivity contribution in [1.29, 1.82) is 0 Å². The molecule has 3 aromatic rings. The zero-order valence-electron chi connectivity index (χ0n) is 14.5. The molecule has 5 nitrogen and oxygen atoms in total. The molecule has 0 radical (unpaired) electrons. The standard InChI is InChI=1S/C19H22N4OS/c1-23(2)19-21-12(11-25-19)10-20-18(24)15-8-5-7-14-13-6-3-4-9-16(13)22-17(14)15/h3-4,6,9,11,15,22H,5,7-8,10H2,1-2H3,(H,20,24). The van der Waals surface area contributed by atoms with Gasteiger partial charge in [0.2, 0.25) is 5.91 Å². The van der Waals surface area contributed by atoms with Gasteiger partial charge < -0.3 is 15.2 Å². The van der Waals surface area contributed by atoms with Crippen LogP contribution in [0.4, 0.5) is 5.13 Å². The van der Waals surface area contributed by atoms with E-state index in [1.807, 2.05) is 30.4 Å². The number of anilines is 1. The van der Waals surface area contributed by atoms with Crippen molar-refractivity contribution in [2.24, 2.45) is 0 Å². The van der Waals surface area contributed by atoms with Crippen LogP contribution in [-0.2, 0) is 17.8 Å². The SMILES string of the molecule is CN(C)c1nc(CNC(=O)C2CCCc3c2[nH]c2ccccc32)cs1. The Morgan fingerprint density at radius 2 is 2.24 bits per heavy atom. The predicted octanol–water partition coefficient (Wildman–Crippen LogP) is 3.43. The van der Waals surface area contributed by atoms with E-state index in [-0.39, 0.29) is 11.8 Å². The third kappa shape index (κ3) is 3.02. The maximum atomic E-state index is 12.8. The second-order valence-corrected chi connectivity index (χ2v) is 7.58. The number of amides is 1. The van der Waals surface area contributed by atoms with Gasteiger partial charge in [-0.3, -0.25) is 4.79 Å². The van der Waals surface area contributed by atoms with Crippen LogP contribution >= 0.6 is 11.3 Å². The number of hydrogen-bond donors (Lipinski definition) is 2. The van der Waals surface area contributed by atoms with Crippen LogP contribution in [0.25, 0.3) is 10.9 Å². The molecule has 2 aromatic heterocycles. The molecule has 2 heterocycles. The Morgan fingerprint density at radius 1 is 1.40 bits per heavy atom. The number of benzene rings is 1. The lowest BCUT2D eigenvalue weighted by atomic mass is 9.86. The highest BCUT2D eigenvalue weighted by atomic mass is 32.1. The maximum absolute atomic E-state index is 12.8. The first-order valence-corrected chi connectivity index (χ1v) is 9.50. The number of carbonyl (C=O) groups excluding carboxylic acids is 1. The first-order chi connectivity index (χ1) is 12.1. The summed E-state index contributed by atoms with van der Waals surface area (Å²) in [5.74, 6) is -0.00462. The summed E-state index contributed by atoms with van der Waals surface area (Å²) in [4.78, 5) is 22.8. The molecule has 0 saturated heterocycles. The summed E-state index contributed by atoms with van der Waals surface area (Å²) in [6, 6.07) is 8.32. The first kappa shape index (κ1) is 16.1. The molecular formula is C19H22N4OS. The number of thiazole rings is 1. The van der Waals surface area contributed by atoms with Gasteiger partial charge in [-0.1, -0.05) is 18.2 Å². The van der Waals surface area contributed by atoms with Gasteiger partial charge in [-0.25, -0.2) is 4.98 Å². The zero-order valence-corrected chi connectivity index (χ0v) is 15.3. The van der Waals surface area contributed by atoms with Crippen LogP contribution in [0.1, 0.15) is 35.7 Å². The molecule has 2 N–H and O–H groups in total. The molecular weight excluding hydrogens is 332 g/mol. The van der Waals surface area contributed by atoms with Crippen LogP contribution in [0, 0.1) is 0 Å². The van der Waals surface area contributed by atoms with E-state index in [4.69, 9.17) is 0 Å². The second-order valence-electron chi connectivity index (χ2n) is 6.74. The Hall–Kier alpha value is -2.34. The van der Waals surface area contributed by atoms with Gasteiger partial charge >= 0.3 is 0 Å². The topological polar surface area (TPSA) is 61.0 Å². The van der Waals surface area contributed by atoms with Crippen LogP contribution in [0.2, 0.25) is 0 Å². The van der Waals surface area contributed by atoms with Gasteiger partial charge in [0.15, 0.2) is 5.13 Å². The predicted molar refractivity (Wildman–Crippen MR) is 102 cm³/mol. The highest BCUT2D eigenvalue weighted by Crippen LogP contribution is 2.36. The monoisotopic (exact) mass is 354 g/mol. The Kier molecular flexibility index (Phi) is 4.21. The van der Waals surface area contributed by atoms with Crippen LogP contribution in [0.5, 0.6) is 0 Å². The summed E-state index contributed by atoms with van der Waals surface area (Å²) in [7, 11) is 3.95. The molecule has 1 aliphatic rings. The normalized spacial score (nSPS) is 16.6. The molecule has 0 fully saturated rings. The van der Waals surface area contributed by atoms with E-state index in [1.165, 1.54) is 10.9 Å². The molecule has 1 aromatic carbocycles. The van der Waals surface area contributed by atoms with Crippen molar-refractivity contribution in [1.82, 2.24) is 15.3 Å². The lowest BCUT2D eigenvalue weighted by molar-refractivity contribution is -0.123. The van der Waals surface area contributed by atoms with Gasteiger partial charge in [-0.15, -0.1) is 11.3 Å². The summed E-state index contributed by atoms with van der Waals surface area (Å²) >= 11 is 1.59. The molecule has 0 saturated carbocycles. The lowest BCUT2D eigenvalue weighted by Gasteiger charge is -2.21. The van der Waals surface area contributed by atoms with Crippen molar-refractivity contribution >= 4 is 33.3 Å². The molecule has 0 bridgehead atoms. The van der Waals surface area contributed by atoms with Gasteiger partial charge in [-0.2, -0.15) is 0 Å². The molecule has 4 rings (SSSR count). The smallest absolute Gasteiger partial charge is 0.229 e. The van der Waals surface area contributed by atoms with Gasteiger partial charge in [0, 0.05) is 36.1 Å². The number of nitrogens with one attached hydrogen (secondary N) is 2. The second kappa shape index (κ2) is 6.52. The summed E-state index contributed by atoms with van der Waals surface area (Å²) in [6.45, 7) is 0.481. The fourth-order valence-corrected chi connectivity index (χ4v) is 4.32. The fraction of sp³-hybridized carbons (Fsp3) is 0.368. The Bertz CT molecular complexity index is 911. The maximum Gasteiger partial charge on any atom is 0.229 e. The number of aromatic nitrogens is 2. The lowest BCUT2D eigenvalue weighted by Crippen LogP contribution is -2.31. The average molecular weight is 354 g/mol. The number of fused-ring (bicyclic) bond motifs is 3. The highest BCUT2D eigenvalue weighted by molar-refractivity contribution is 7.13. The van der Waals surface area contributed by atoms with Crippen LogP contribution in [0.3, 0.4) is 0 Å². The minimum absolute atomic E-state index is 0.0897. The fourth-order valence-electron chi connectivity index (χ4n) is 3.56. The number of hydrogen-bond acceptors (Lipinski definition) is 4. The van der Waals surface area contributed by atoms with Gasteiger partial charge in [0.1, 0.15) is 0 Å². The van der Waals surface area contributed by atoms with Crippen molar-refractivity contribution < 1.29 is 4.79 Å². The third-order valence-corrected chi connectivity index (χ3v) is 5.85. The minimum atomic E-state index is -0.0943. The number of rotatable bonds is 4. The van der Waals surface area contributed by atoms with Crippen LogP contribution in [0.15, 0.2) is 29.6 Å². The van der Waals surface area contributed by atoms with E-state index >= 15 is 0 Å². The molecule has 1 atom stereocenters. The summed E-state index contributed by atoms with van der Waals surface area (Å²) in [6.07, 6.45) is 2.99.